The first-order valence-corrected chi connectivity index (χ1v) is 13.3. The maximum absolute atomic E-state index is 12.9. The predicted molar refractivity (Wildman–Crippen MR) is 139 cm³/mol. The van der Waals surface area contributed by atoms with Gasteiger partial charge in [0, 0.05) is 28.9 Å². The summed E-state index contributed by atoms with van der Waals surface area (Å²) < 4.78 is 10.7. The minimum absolute atomic E-state index is 0.0449. The molecule has 0 spiro atoms. The molecule has 0 unspecified atom stereocenters. The molecule has 7 nitrogen and oxygen atoms in total. The highest BCUT2D eigenvalue weighted by Gasteiger charge is 2.27. The Morgan fingerprint density at radius 1 is 0.833 bits per heavy atom. The molecule has 0 radical (unpaired) electrons. The Morgan fingerprint density at radius 2 is 1.47 bits per heavy atom. The minimum atomic E-state index is -0.235. The molecular formula is C29H37N3O4. The summed E-state index contributed by atoms with van der Waals surface area (Å²) in [5, 5.41) is 6.17. The fourth-order valence-electron chi connectivity index (χ4n) is 5.88. The number of carbonyl (C=O) groups is 2. The van der Waals surface area contributed by atoms with Crippen LogP contribution in [0.5, 0.6) is 11.5 Å². The molecule has 0 saturated heterocycles. The number of rotatable bonds is 6. The third-order valence-electron chi connectivity index (χ3n) is 8.11. The van der Waals surface area contributed by atoms with E-state index >= 15 is 0 Å². The van der Waals surface area contributed by atoms with Crippen LogP contribution >= 0.6 is 0 Å². The lowest BCUT2D eigenvalue weighted by Crippen LogP contribution is -2.38. The Kier molecular flexibility index (Phi) is 7.46. The molecule has 0 aromatic heterocycles. The van der Waals surface area contributed by atoms with Crippen molar-refractivity contribution < 1.29 is 19.1 Å². The van der Waals surface area contributed by atoms with Crippen molar-refractivity contribution >= 4 is 17.5 Å². The van der Waals surface area contributed by atoms with E-state index in [1.807, 2.05) is 13.0 Å². The van der Waals surface area contributed by atoms with Gasteiger partial charge in [0.25, 0.3) is 11.8 Å². The van der Waals surface area contributed by atoms with Crippen molar-refractivity contribution in [2.75, 3.05) is 12.1 Å². The van der Waals surface area contributed by atoms with Gasteiger partial charge < -0.3 is 25.8 Å². The van der Waals surface area contributed by atoms with Crippen LogP contribution in [0, 0.1) is 18.8 Å². The monoisotopic (exact) mass is 491 g/mol. The van der Waals surface area contributed by atoms with Crippen molar-refractivity contribution in [1.29, 1.82) is 0 Å². The number of carbonyl (C=O) groups excluding carboxylic acids is 2. The van der Waals surface area contributed by atoms with Crippen molar-refractivity contribution in [3.8, 4) is 11.5 Å². The van der Waals surface area contributed by atoms with E-state index in [1.54, 1.807) is 30.3 Å². The SMILES string of the molecule is Cc1cc(C(=O)NC2CCC(CC3CCC(N)CC3)CC2)ccc1NC(=O)c1ccc2c(c1)OCO2. The third kappa shape index (κ3) is 5.84. The van der Waals surface area contributed by atoms with Crippen molar-refractivity contribution in [2.24, 2.45) is 17.6 Å². The maximum atomic E-state index is 12.9. The number of hydrogen-bond acceptors (Lipinski definition) is 5. The van der Waals surface area contributed by atoms with Gasteiger partial charge in [0.05, 0.1) is 0 Å². The summed E-state index contributed by atoms with van der Waals surface area (Å²) in [7, 11) is 0. The standard InChI is InChI=1S/C29H37N3O4/c1-18-14-21(6-12-25(18)32-29(34)22-7-13-26-27(16-22)36-17-35-26)28(33)31-24-10-4-20(5-11-24)15-19-2-8-23(30)9-3-19/h6-7,12-14,16,19-20,23-24H,2-5,8-11,15,17,30H2,1H3,(H,31,33)(H,32,34). The molecule has 2 aliphatic carbocycles. The normalized spacial score (nSPS) is 25.3. The Morgan fingerprint density at radius 3 is 2.19 bits per heavy atom. The minimum Gasteiger partial charge on any atom is -0.454 e. The fraction of sp³-hybridized carbons (Fsp3) is 0.517. The van der Waals surface area contributed by atoms with E-state index in [2.05, 4.69) is 10.6 Å². The first-order chi connectivity index (χ1) is 17.4. The summed E-state index contributed by atoms with van der Waals surface area (Å²) in [6.45, 7) is 2.07. The number of hydrogen-bond donors (Lipinski definition) is 3. The zero-order valence-corrected chi connectivity index (χ0v) is 21.1. The summed E-state index contributed by atoms with van der Waals surface area (Å²) in [5.41, 5.74) is 8.68. The highest BCUT2D eigenvalue weighted by Crippen LogP contribution is 2.35. The van der Waals surface area contributed by atoms with E-state index in [1.165, 1.54) is 44.9 Å². The van der Waals surface area contributed by atoms with E-state index in [0.29, 0.717) is 34.4 Å². The number of fused-ring (bicyclic) bond motifs is 1. The van der Waals surface area contributed by atoms with Gasteiger partial charge in [0.15, 0.2) is 11.5 Å². The van der Waals surface area contributed by atoms with Crippen molar-refractivity contribution in [3.05, 3.63) is 53.1 Å². The smallest absolute Gasteiger partial charge is 0.255 e. The molecule has 0 atom stereocenters. The molecule has 2 fully saturated rings. The Balaban J connectivity index is 1.11. The second-order valence-corrected chi connectivity index (χ2v) is 10.8. The molecule has 4 N–H and O–H groups in total. The van der Waals surface area contributed by atoms with E-state index in [0.717, 1.165) is 30.2 Å². The molecule has 36 heavy (non-hydrogen) atoms. The molecule has 1 aliphatic heterocycles. The van der Waals surface area contributed by atoms with Gasteiger partial charge in [-0.25, -0.2) is 0 Å². The predicted octanol–water partition coefficient (Wildman–Crippen LogP) is 5.17. The summed E-state index contributed by atoms with van der Waals surface area (Å²) in [6, 6.07) is 11.2. The van der Waals surface area contributed by atoms with Crippen molar-refractivity contribution in [3.63, 3.8) is 0 Å². The zero-order chi connectivity index (χ0) is 25.1. The molecular weight excluding hydrogens is 454 g/mol. The fourth-order valence-corrected chi connectivity index (χ4v) is 5.88. The van der Waals surface area contributed by atoms with Crippen LogP contribution in [0.25, 0.3) is 0 Å². The summed E-state index contributed by atoms with van der Waals surface area (Å²) in [4.78, 5) is 25.6. The number of ether oxygens (including phenoxy) is 2. The molecule has 1 heterocycles. The highest BCUT2D eigenvalue weighted by atomic mass is 16.7. The first kappa shape index (κ1) is 24.6. The summed E-state index contributed by atoms with van der Waals surface area (Å²) >= 11 is 0. The van der Waals surface area contributed by atoms with Crippen LogP contribution in [0.15, 0.2) is 36.4 Å². The van der Waals surface area contributed by atoms with E-state index in [4.69, 9.17) is 15.2 Å². The van der Waals surface area contributed by atoms with Crippen LogP contribution < -0.4 is 25.8 Å². The van der Waals surface area contributed by atoms with Crippen molar-refractivity contribution in [1.82, 2.24) is 5.32 Å². The summed E-state index contributed by atoms with van der Waals surface area (Å²) in [6.07, 6.45) is 10.7. The maximum Gasteiger partial charge on any atom is 0.255 e. The van der Waals surface area contributed by atoms with Gasteiger partial charge in [0.2, 0.25) is 6.79 Å². The van der Waals surface area contributed by atoms with E-state index < -0.39 is 0 Å². The average molecular weight is 492 g/mol. The number of nitrogens with two attached hydrogens (primary N) is 1. The second-order valence-electron chi connectivity index (χ2n) is 10.8. The van der Waals surface area contributed by atoms with Gasteiger partial charge >= 0.3 is 0 Å². The quantitative estimate of drug-likeness (QED) is 0.517. The van der Waals surface area contributed by atoms with Gasteiger partial charge in [-0.3, -0.25) is 9.59 Å². The molecule has 2 aromatic carbocycles. The van der Waals surface area contributed by atoms with Crippen LogP contribution in [0.4, 0.5) is 5.69 Å². The van der Waals surface area contributed by atoms with Crippen molar-refractivity contribution in [2.45, 2.75) is 76.8 Å². The molecule has 2 saturated carbocycles. The number of benzene rings is 2. The average Bonchev–Trinajstić information content (AvgIpc) is 3.36. The van der Waals surface area contributed by atoms with Gasteiger partial charge in [-0.1, -0.05) is 0 Å². The zero-order valence-electron chi connectivity index (χ0n) is 21.1. The van der Waals surface area contributed by atoms with Crippen LogP contribution in [0.2, 0.25) is 0 Å². The lowest BCUT2D eigenvalue weighted by molar-refractivity contribution is 0.0918. The first-order valence-electron chi connectivity index (χ1n) is 13.3. The lowest BCUT2D eigenvalue weighted by Gasteiger charge is -2.33. The topological polar surface area (TPSA) is 103 Å². The van der Waals surface area contributed by atoms with E-state index in [-0.39, 0.29) is 24.6 Å². The van der Waals surface area contributed by atoms with Gasteiger partial charge in [0.1, 0.15) is 0 Å². The van der Waals surface area contributed by atoms with Gasteiger partial charge in [-0.05, 0) is 119 Å². The number of anilines is 1. The molecule has 7 heteroatoms. The largest absolute Gasteiger partial charge is 0.454 e. The van der Waals surface area contributed by atoms with Crippen LogP contribution in [-0.2, 0) is 0 Å². The molecule has 5 rings (SSSR count). The Hall–Kier alpha value is -3.06. The highest BCUT2D eigenvalue weighted by molar-refractivity contribution is 6.05. The molecule has 0 bridgehead atoms. The van der Waals surface area contributed by atoms with Gasteiger partial charge in [-0.15, -0.1) is 0 Å². The number of nitrogens with one attached hydrogen (secondary N) is 2. The lowest BCUT2D eigenvalue weighted by atomic mass is 9.76. The molecule has 192 valence electrons. The Bertz CT molecular complexity index is 1100. The van der Waals surface area contributed by atoms with Crippen LogP contribution in [0.1, 0.15) is 84.1 Å². The van der Waals surface area contributed by atoms with Gasteiger partial charge in [-0.2, -0.15) is 0 Å². The second kappa shape index (κ2) is 10.9. The third-order valence-corrected chi connectivity index (χ3v) is 8.11. The molecule has 2 amide bonds. The number of amides is 2. The van der Waals surface area contributed by atoms with Crippen LogP contribution in [0.3, 0.4) is 0 Å². The molecule has 2 aromatic rings. The summed E-state index contributed by atoms with van der Waals surface area (Å²) in [5.74, 6) is 2.55. The number of aryl methyl sites for hydroxylation is 1. The molecule has 3 aliphatic rings. The van der Waals surface area contributed by atoms with E-state index in [9.17, 15) is 9.59 Å². The van der Waals surface area contributed by atoms with Crippen LogP contribution in [-0.4, -0.2) is 30.7 Å². The Labute approximate surface area is 213 Å².